The van der Waals surface area contributed by atoms with Crippen molar-refractivity contribution in [3.8, 4) is 0 Å². The Morgan fingerprint density at radius 2 is 1.83 bits per heavy atom. The molecule has 1 aliphatic rings. The van der Waals surface area contributed by atoms with E-state index in [4.69, 9.17) is 0 Å². The monoisotopic (exact) mass is 438 g/mol. The zero-order chi connectivity index (χ0) is 14.3. The first-order valence-corrected chi connectivity index (χ1v) is 9.79. The molecule has 0 bridgehead atoms. The standard InChI is InChI=1S/C19H29Si.3ClH.Ti/c1-3-5-7-14-19(15-8-6-9-16-19)20-18-13-10-12-17(18)11-4-2;;;;/h6,8-10,12-13,15H,3-5,7,11,14,16,20H2,1-2H3;3*1H;/q-1;;;;+4/p-3. The Hall–Kier alpha value is 0.631. The maximum atomic E-state index is 2.54. The van der Waals surface area contributed by atoms with Crippen molar-refractivity contribution < 1.29 is 58.9 Å². The molecule has 0 radical (unpaired) electrons. The first-order valence-electron chi connectivity index (χ1n) is 8.37. The fraction of sp³-hybridized carbons (Fsp3) is 0.526. The van der Waals surface area contributed by atoms with Crippen LogP contribution < -0.4 is 42.4 Å². The van der Waals surface area contributed by atoms with Crippen molar-refractivity contribution in [3.63, 3.8) is 0 Å². The molecule has 134 valence electrons. The van der Waals surface area contributed by atoms with Gasteiger partial charge >= 0.3 is 21.7 Å². The van der Waals surface area contributed by atoms with Crippen LogP contribution in [-0.4, -0.2) is 9.52 Å². The van der Waals surface area contributed by atoms with Gasteiger partial charge in [0, 0.05) is 9.52 Å². The van der Waals surface area contributed by atoms with Gasteiger partial charge in [-0.1, -0.05) is 70.3 Å². The van der Waals surface area contributed by atoms with Crippen LogP contribution in [0.4, 0.5) is 0 Å². The summed E-state index contributed by atoms with van der Waals surface area (Å²) < 4.78 is 0. The number of halogens is 3. The van der Waals surface area contributed by atoms with Crippen molar-refractivity contribution >= 4 is 14.7 Å². The van der Waals surface area contributed by atoms with Crippen LogP contribution in [0.2, 0.25) is 5.04 Å². The summed E-state index contributed by atoms with van der Waals surface area (Å²) in [5, 5.41) is 2.24. The van der Waals surface area contributed by atoms with Crippen molar-refractivity contribution in [2.24, 2.45) is 0 Å². The normalized spacial score (nSPS) is 18.4. The SMILES string of the molecule is CCCCCC1([SiH2][c-]2cccc2CCC)C=CC=CC1.[Cl-].[Cl-].[Cl-].[Ti+4]. The Morgan fingerprint density at radius 1 is 1.08 bits per heavy atom. The van der Waals surface area contributed by atoms with Gasteiger partial charge in [-0.2, -0.15) is 16.8 Å². The van der Waals surface area contributed by atoms with Crippen LogP contribution >= 0.6 is 0 Å². The summed E-state index contributed by atoms with van der Waals surface area (Å²) in [7, 11) is -0.237. The fourth-order valence-corrected chi connectivity index (χ4v) is 5.93. The predicted molar refractivity (Wildman–Crippen MR) is 93.9 cm³/mol. The minimum atomic E-state index is -0.237. The predicted octanol–water partition coefficient (Wildman–Crippen LogP) is -4.58. The molecule has 0 saturated heterocycles. The number of allylic oxidation sites excluding steroid dienone is 4. The summed E-state index contributed by atoms with van der Waals surface area (Å²) >= 11 is 0. The maximum Gasteiger partial charge on any atom is 4.00 e. The minimum absolute atomic E-state index is 0. The molecular weight excluding hydrogens is 411 g/mol. The first kappa shape index (κ1) is 29.4. The molecule has 1 unspecified atom stereocenters. The summed E-state index contributed by atoms with van der Waals surface area (Å²) in [6, 6.07) is 7.04. The van der Waals surface area contributed by atoms with E-state index in [-0.39, 0.29) is 68.5 Å². The van der Waals surface area contributed by atoms with Gasteiger partial charge in [-0.05, 0) is 17.9 Å². The third-order valence-electron chi connectivity index (χ3n) is 4.57. The van der Waals surface area contributed by atoms with Crippen LogP contribution in [0.3, 0.4) is 0 Å². The topological polar surface area (TPSA) is 0 Å². The van der Waals surface area contributed by atoms with Crippen LogP contribution in [0.1, 0.15) is 57.9 Å². The molecule has 24 heavy (non-hydrogen) atoms. The second-order valence-corrected chi connectivity index (χ2v) is 8.84. The number of hydrogen-bond donors (Lipinski definition) is 0. The fourth-order valence-electron chi connectivity index (χ4n) is 3.40. The molecule has 0 spiro atoms. The molecule has 0 amide bonds. The molecule has 0 nitrogen and oxygen atoms in total. The number of hydrogen-bond acceptors (Lipinski definition) is 0. The van der Waals surface area contributed by atoms with E-state index in [2.05, 4.69) is 56.4 Å². The Kier molecular flexibility index (Phi) is 19.4. The van der Waals surface area contributed by atoms with Crippen molar-refractivity contribution in [2.75, 3.05) is 0 Å². The number of unbranched alkanes of at least 4 members (excludes halogenated alkanes) is 2. The average Bonchev–Trinajstić information content (AvgIpc) is 2.88. The van der Waals surface area contributed by atoms with E-state index in [1.807, 2.05) is 0 Å². The van der Waals surface area contributed by atoms with Crippen LogP contribution in [0.5, 0.6) is 0 Å². The van der Waals surface area contributed by atoms with Gasteiger partial charge in [0.2, 0.25) is 0 Å². The van der Waals surface area contributed by atoms with Gasteiger partial charge in [0.1, 0.15) is 0 Å². The summed E-state index contributed by atoms with van der Waals surface area (Å²) in [4.78, 5) is 0. The molecule has 0 fully saturated rings. The van der Waals surface area contributed by atoms with Gasteiger partial charge in [-0.3, -0.25) is 0 Å². The van der Waals surface area contributed by atoms with Gasteiger partial charge in [0.05, 0.1) is 0 Å². The molecule has 0 aliphatic heterocycles. The number of aryl methyl sites for hydroxylation is 1. The van der Waals surface area contributed by atoms with E-state index in [9.17, 15) is 0 Å². The van der Waals surface area contributed by atoms with Gasteiger partial charge in [-0.25, -0.2) is 12.1 Å². The summed E-state index contributed by atoms with van der Waals surface area (Å²) in [5.41, 5.74) is 1.64. The van der Waals surface area contributed by atoms with Crippen molar-refractivity contribution in [3.05, 3.63) is 48.1 Å². The molecule has 0 aromatic heterocycles. The Labute approximate surface area is 184 Å². The van der Waals surface area contributed by atoms with Gasteiger partial charge in [-0.15, -0.1) is 0 Å². The second-order valence-electron chi connectivity index (χ2n) is 6.31. The second kappa shape index (κ2) is 15.9. The van der Waals surface area contributed by atoms with Gasteiger partial charge in [0.15, 0.2) is 0 Å². The summed E-state index contributed by atoms with van der Waals surface area (Å²) in [5.74, 6) is 0. The van der Waals surface area contributed by atoms with E-state index in [0.717, 1.165) is 0 Å². The Balaban J connectivity index is -0.00000110. The van der Waals surface area contributed by atoms with Crippen LogP contribution in [0.15, 0.2) is 42.5 Å². The third-order valence-corrected chi connectivity index (χ3v) is 7.22. The van der Waals surface area contributed by atoms with E-state index >= 15 is 0 Å². The van der Waals surface area contributed by atoms with Crippen molar-refractivity contribution in [1.82, 2.24) is 0 Å². The van der Waals surface area contributed by atoms with E-state index in [0.29, 0.717) is 5.04 Å². The van der Waals surface area contributed by atoms with E-state index in [1.54, 1.807) is 10.8 Å². The molecule has 0 heterocycles. The van der Waals surface area contributed by atoms with Gasteiger partial charge < -0.3 is 37.2 Å². The molecule has 1 aromatic carbocycles. The minimum Gasteiger partial charge on any atom is -1.00 e. The van der Waals surface area contributed by atoms with E-state index < -0.39 is 0 Å². The molecule has 1 aromatic rings. The van der Waals surface area contributed by atoms with Crippen molar-refractivity contribution in [2.45, 2.75) is 63.8 Å². The molecule has 5 heteroatoms. The van der Waals surface area contributed by atoms with Crippen LogP contribution in [0.25, 0.3) is 0 Å². The molecular formula is C19H29Cl3SiTi. The third kappa shape index (κ3) is 8.83. The van der Waals surface area contributed by atoms with Crippen LogP contribution in [-0.2, 0) is 28.1 Å². The smallest absolute Gasteiger partial charge is 1.00 e. The average molecular weight is 440 g/mol. The Morgan fingerprint density at radius 3 is 2.42 bits per heavy atom. The summed E-state index contributed by atoms with van der Waals surface area (Å²) in [6.07, 6.45) is 18.8. The van der Waals surface area contributed by atoms with E-state index in [1.165, 1.54) is 44.9 Å². The zero-order valence-corrected chi connectivity index (χ0v) is 20.1. The molecule has 1 atom stereocenters. The van der Waals surface area contributed by atoms with Gasteiger partial charge in [0.25, 0.3) is 0 Å². The molecule has 0 saturated carbocycles. The Bertz CT molecular complexity index is 471. The molecule has 0 N–H and O–H groups in total. The van der Waals surface area contributed by atoms with Crippen molar-refractivity contribution in [1.29, 1.82) is 0 Å². The number of rotatable bonds is 8. The first-order chi connectivity index (χ1) is 9.79. The molecule has 1 aliphatic carbocycles. The largest absolute Gasteiger partial charge is 4.00 e. The summed E-state index contributed by atoms with van der Waals surface area (Å²) in [6.45, 7) is 4.59. The maximum absolute atomic E-state index is 2.54. The quantitative estimate of drug-likeness (QED) is 0.217. The molecule has 2 rings (SSSR count). The zero-order valence-electron chi connectivity index (χ0n) is 14.8. The van der Waals surface area contributed by atoms with Crippen LogP contribution in [0, 0.1) is 0 Å².